The molecular formula is C35H49N5O5. The highest BCUT2D eigenvalue weighted by Gasteiger charge is 2.53. The van der Waals surface area contributed by atoms with Gasteiger partial charge in [-0.3, -0.25) is 9.59 Å². The number of piperazine rings is 1. The number of anilines is 1. The molecule has 2 aliphatic rings. The van der Waals surface area contributed by atoms with Gasteiger partial charge < -0.3 is 30.5 Å². The van der Waals surface area contributed by atoms with E-state index in [0.29, 0.717) is 63.1 Å². The van der Waals surface area contributed by atoms with E-state index in [-0.39, 0.29) is 23.8 Å². The number of carbonyl (C=O) groups excluding carboxylic acids is 4. The van der Waals surface area contributed by atoms with Gasteiger partial charge in [-0.15, -0.1) is 0 Å². The lowest BCUT2D eigenvalue weighted by atomic mass is 9.81. The summed E-state index contributed by atoms with van der Waals surface area (Å²) in [5, 5.41) is 8.66. The molecule has 2 aliphatic heterocycles. The average Bonchev–Trinajstić information content (AvgIpc) is 3.06. The molecule has 0 bridgehead atoms. The van der Waals surface area contributed by atoms with Crippen molar-refractivity contribution in [3.8, 4) is 0 Å². The molecular weight excluding hydrogens is 570 g/mol. The molecule has 3 N–H and O–H groups in total. The van der Waals surface area contributed by atoms with Crippen molar-refractivity contribution in [2.45, 2.75) is 83.2 Å². The molecule has 0 aromatic heterocycles. The number of likely N-dealkylation sites (tertiary alicyclic amines) is 1. The van der Waals surface area contributed by atoms with Crippen LogP contribution in [-0.4, -0.2) is 84.5 Å². The molecule has 1 spiro atoms. The lowest BCUT2D eigenvalue weighted by Crippen LogP contribution is -2.72. The zero-order valence-electron chi connectivity index (χ0n) is 26.8. The Hall–Kier alpha value is -3.92. The summed E-state index contributed by atoms with van der Waals surface area (Å²) >= 11 is 0. The molecule has 0 radical (unpaired) electrons. The summed E-state index contributed by atoms with van der Waals surface area (Å²) in [6, 6.07) is 16.1. The monoisotopic (exact) mass is 619 g/mol. The topological polar surface area (TPSA) is 120 Å². The number of urea groups is 1. The maximum absolute atomic E-state index is 13.6. The number of nitrogens with one attached hydrogen (secondary N) is 3. The van der Waals surface area contributed by atoms with Gasteiger partial charge in [0.2, 0.25) is 11.8 Å². The normalized spacial score (nSPS) is 18.0. The molecule has 2 heterocycles. The van der Waals surface area contributed by atoms with Crippen LogP contribution in [0.5, 0.6) is 0 Å². The molecule has 4 amide bonds. The highest BCUT2D eigenvalue weighted by atomic mass is 16.5. The van der Waals surface area contributed by atoms with Crippen molar-refractivity contribution in [2.24, 2.45) is 0 Å². The number of hydrogen-bond acceptors (Lipinski definition) is 6. The molecule has 0 aliphatic carbocycles. The molecule has 0 saturated carbocycles. The maximum Gasteiger partial charge on any atom is 0.338 e. The van der Waals surface area contributed by atoms with Crippen molar-refractivity contribution in [1.82, 2.24) is 20.4 Å². The number of nitrogens with zero attached hydrogens (tertiary/aromatic N) is 2. The van der Waals surface area contributed by atoms with Gasteiger partial charge in [-0.05, 0) is 81.2 Å². The van der Waals surface area contributed by atoms with E-state index < -0.39 is 11.6 Å². The number of hydrogen-bond donors (Lipinski definition) is 3. The minimum Gasteiger partial charge on any atom is -0.462 e. The van der Waals surface area contributed by atoms with Crippen LogP contribution in [0.3, 0.4) is 0 Å². The molecule has 2 aromatic carbocycles. The van der Waals surface area contributed by atoms with E-state index in [1.807, 2.05) is 24.8 Å². The first-order chi connectivity index (χ1) is 21.9. The Morgan fingerprint density at radius 1 is 0.933 bits per heavy atom. The fourth-order valence-corrected chi connectivity index (χ4v) is 6.13. The quantitative estimate of drug-likeness (QED) is 0.196. The van der Waals surface area contributed by atoms with E-state index in [2.05, 4.69) is 45.1 Å². The first-order valence-electron chi connectivity index (χ1n) is 16.6. The first kappa shape index (κ1) is 34.0. The predicted octanol–water partition coefficient (Wildman–Crippen LogP) is 4.75. The van der Waals surface area contributed by atoms with Crippen molar-refractivity contribution in [3.05, 3.63) is 65.7 Å². The second-order valence-corrected chi connectivity index (χ2v) is 12.1. The number of benzene rings is 2. The summed E-state index contributed by atoms with van der Waals surface area (Å²) in [4.78, 5) is 55.8. The summed E-state index contributed by atoms with van der Waals surface area (Å²) in [6.07, 6.45) is 6.74. The molecule has 10 heteroatoms. The lowest BCUT2D eigenvalue weighted by molar-refractivity contribution is -0.161. The molecule has 2 aromatic rings. The number of amides is 4. The Morgan fingerprint density at radius 3 is 2.36 bits per heavy atom. The Morgan fingerprint density at radius 2 is 1.67 bits per heavy atom. The van der Waals surface area contributed by atoms with Crippen molar-refractivity contribution >= 4 is 29.5 Å². The second-order valence-electron chi connectivity index (χ2n) is 12.1. The number of ether oxygens (including phenoxy) is 1. The smallest absolute Gasteiger partial charge is 0.338 e. The molecule has 244 valence electrons. The number of carbonyl (C=O) groups is 4. The van der Waals surface area contributed by atoms with E-state index in [4.69, 9.17) is 4.74 Å². The van der Waals surface area contributed by atoms with E-state index in [9.17, 15) is 19.2 Å². The fourth-order valence-electron chi connectivity index (χ4n) is 6.13. The van der Waals surface area contributed by atoms with Crippen LogP contribution in [0.1, 0.15) is 81.1 Å². The van der Waals surface area contributed by atoms with Crippen LogP contribution in [0.15, 0.2) is 54.6 Å². The van der Waals surface area contributed by atoms with E-state index in [1.54, 1.807) is 24.3 Å². The number of rotatable bonds is 15. The standard InChI is InChI=1S/C35H49N5O5/c1-3-5-26-45-32(42)28-14-16-29(17-15-28)37-34(44)36-21-10-9-13-30-31(41)40(22-4-2)35(33(43)38-30)19-24-39(25-20-35)23-18-27-11-7-6-8-12-27/h6-8,11-12,14-17,30H,3-5,9-10,13,18-26H2,1-2H3,(H,38,43)(H2,36,37,44)/t30-/m0/s1. The minimum atomic E-state index is -0.764. The molecule has 1 atom stereocenters. The van der Waals surface area contributed by atoms with Gasteiger partial charge in [0.25, 0.3) is 0 Å². The van der Waals surface area contributed by atoms with Crippen LogP contribution in [0.25, 0.3) is 0 Å². The van der Waals surface area contributed by atoms with Crippen molar-refractivity contribution in [2.75, 3.05) is 44.6 Å². The third kappa shape index (κ3) is 9.29. The van der Waals surface area contributed by atoms with Crippen LogP contribution in [0.2, 0.25) is 0 Å². The third-order valence-electron chi connectivity index (χ3n) is 8.81. The SMILES string of the molecule is CCCCOC(=O)c1ccc(NC(=O)NCCCC[C@@H]2NC(=O)C3(CCN(CCc4ccccc4)CC3)N(CCC)C2=O)cc1. The lowest BCUT2D eigenvalue weighted by Gasteiger charge is -2.51. The first-order valence-corrected chi connectivity index (χ1v) is 16.6. The Labute approximate surface area is 267 Å². The van der Waals surface area contributed by atoms with E-state index in [0.717, 1.165) is 45.3 Å². The molecule has 0 unspecified atom stereocenters. The Bertz CT molecular complexity index is 1260. The van der Waals surface area contributed by atoms with Gasteiger partial charge >= 0.3 is 12.0 Å². The van der Waals surface area contributed by atoms with Crippen molar-refractivity contribution < 1.29 is 23.9 Å². The highest BCUT2D eigenvalue weighted by molar-refractivity contribution is 6.00. The maximum atomic E-state index is 13.6. The van der Waals surface area contributed by atoms with Crippen LogP contribution in [0, 0.1) is 0 Å². The largest absolute Gasteiger partial charge is 0.462 e. The summed E-state index contributed by atoms with van der Waals surface area (Å²) in [6.45, 7) is 8.02. The van der Waals surface area contributed by atoms with E-state index in [1.165, 1.54) is 5.56 Å². The second kappa shape index (κ2) is 17.0. The summed E-state index contributed by atoms with van der Waals surface area (Å²) in [5.41, 5.74) is 1.55. The van der Waals surface area contributed by atoms with Crippen LogP contribution < -0.4 is 16.0 Å². The van der Waals surface area contributed by atoms with Gasteiger partial charge in [-0.25, -0.2) is 9.59 Å². The molecule has 45 heavy (non-hydrogen) atoms. The summed E-state index contributed by atoms with van der Waals surface area (Å²) < 4.78 is 5.21. The van der Waals surface area contributed by atoms with Crippen molar-refractivity contribution in [1.29, 1.82) is 0 Å². The zero-order chi connectivity index (χ0) is 32.1. The summed E-state index contributed by atoms with van der Waals surface area (Å²) in [7, 11) is 0. The number of unbranched alkanes of at least 4 members (excludes halogenated alkanes) is 2. The molecule has 4 rings (SSSR count). The van der Waals surface area contributed by atoms with Crippen molar-refractivity contribution in [3.63, 3.8) is 0 Å². The summed E-state index contributed by atoms with van der Waals surface area (Å²) in [5.74, 6) is -0.390. The molecule has 10 nitrogen and oxygen atoms in total. The highest BCUT2D eigenvalue weighted by Crippen LogP contribution is 2.34. The zero-order valence-corrected chi connectivity index (χ0v) is 26.8. The molecule has 2 saturated heterocycles. The van der Waals surface area contributed by atoms with Gasteiger partial charge in [0.05, 0.1) is 12.2 Å². The number of esters is 1. The van der Waals surface area contributed by atoms with Gasteiger partial charge in [0.15, 0.2) is 0 Å². The fraction of sp³-hybridized carbons (Fsp3) is 0.543. The van der Waals surface area contributed by atoms with Gasteiger partial charge in [-0.1, -0.05) is 50.6 Å². The van der Waals surface area contributed by atoms with Crippen LogP contribution >= 0.6 is 0 Å². The van der Waals surface area contributed by atoms with Gasteiger partial charge in [0, 0.05) is 38.4 Å². The Balaban J connectivity index is 1.18. The average molecular weight is 620 g/mol. The van der Waals surface area contributed by atoms with Gasteiger partial charge in [0.1, 0.15) is 11.6 Å². The third-order valence-corrected chi connectivity index (χ3v) is 8.81. The van der Waals surface area contributed by atoms with Crippen LogP contribution in [0.4, 0.5) is 10.5 Å². The predicted molar refractivity (Wildman–Crippen MR) is 175 cm³/mol. The molecule has 2 fully saturated rings. The minimum absolute atomic E-state index is 0.0116. The van der Waals surface area contributed by atoms with Gasteiger partial charge in [-0.2, -0.15) is 0 Å². The number of piperidine rings is 1. The Kier molecular flexibility index (Phi) is 12.8. The van der Waals surface area contributed by atoms with Crippen LogP contribution in [-0.2, 0) is 20.7 Å². The van der Waals surface area contributed by atoms with E-state index >= 15 is 0 Å².